The van der Waals surface area contributed by atoms with Gasteiger partial charge in [0.1, 0.15) is 5.82 Å². The van der Waals surface area contributed by atoms with Gasteiger partial charge in [0, 0.05) is 13.6 Å². The van der Waals surface area contributed by atoms with E-state index in [-0.39, 0.29) is 6.03 Å². The molecule has 0 bridgehead atoms. The molecule has 14 heavy (non-hydrogen) atoms. The minimum atomic E-state index is -0.187. The van der Waals surface area contributed by atoms with Gasteiger partial charge >= 0.3 is 6.03 Å². The van der Waals surface area contributed by atoms with Crippen LogP contribution in [0.15, 0.2) is 0 Å². The lowest BCUT2D eigenvalue weighted by atomic mass is 10.5. The molecule has 0 aliphatic heterocycles. The van der Waals surface area contributed by atoms with E-state index in [0.717, 1.165) is 11.6 Å². The summed E-state index contributed by atoms with van der Waals surface area (Å²) in [4.78, 5) is 11.1. The Balaban J connectivity index is 2.46. The van der Waals surface area contributed by atoms with E-state index in [2.05, 4.69) is 20.8 Å². The Morgan fingerprint density at radius 2 is 2.14 bits per heavy atom. The number of hydrogen-bond acceptors (Lipinski definition) is 3. The second kappa shape index (κ2) is 4.59. The summed E-state index contributed by atoms with van der Waals surface area (Å²) in [7, 11) is 1.87. The second-order valence-electron chi connectivity index (χ2n) is 2.94. The van der Waals surface area contributed by atoms with Gasteiger partial charge in [-0.15, -0.1) is 10.2 Å². The van der Waals surface area contributed by atoms with Crippen molar-refractivity contribution < 1.29 is 4.79 Å². The van der Waals surface area contributed by atoms with Crippen molar-refractivity contribution in [3.63, 3.8) is 0 Å². The first-order valence-electron chi connectivity index (χ1n) is 4.51. The Labute approximate surface area is 82.7 Å². The fraction of sp³-hybridized carbons (Fsp3) is 0.625. The fourth-order valence-corrected chi connectivity index (χ4v) is 0.987. The Kier molecular flexibility index (Phi) is 3.44. The van der Waals surface area contributed by atoms with Crippen LogP contribution in [0.4, 0.5) is 4.79 Å². The summed E-state index contributed by atoms with van der Waals surface area (Å²) in [5.41, 5.74) is 0. The number of amides is 2. The first kappa shape index (κ1) is 10.5. The van der Waals surface area contributed by atoms with Crippen LogP contribution in [0.3, 0.4) is 0 Å². The average molecular weight is 197 g/mol. The Hall–Kier alpha value is -1.59. The maximum Gasteiger partial charge on any atom is 0.315 e. The van der Waals surface area contributed by atoms with Crippen molar-refractivity contribution in [2.45, 2.75) is 20.4 Å². The average Bonchev–Trinajstić information content (AvgIpc) is 2.46. The lowest BCUT2D eigenvalue weighted by Gasteiger charge is -2.05. The number of nitrogens with one attached hydrogen (secondary N) is 2. The molecule has 0 aliphatic carbocycles. The molecule has 2 amide bonds. The molecule has 1 aromatic rings. The molecule has 6 heteroatoms. The van der Waals surface area contributed by atoms with Gasteiger partial charge in [0.05, 0.1) is 6.54 Å². The van der Waals surface area contributed by atoms with E-state index in [0.29, 0.717) is 13.1 Å². The third-order valence-corrected chi connectivity index (χ3v) is 1.93. The third kappa shape index (κ3) is 2.45. The minimum Gasteiger partial charge on any atom is -0.338 e. The predicted octanol–water partition coefficient (Wildman–Crippen LogP) is -0.0574. The van der Waals surface area contributed by atoms with Crippen LogP contribution in [0.25, 0.3) is 0 Å². The summed E-state index contributed by atoms with van der Waals surface area (Å²) < 4.78 is 1.84. The second-order valence-corrected chi connectivity index (χ2v) is 2.94. The van der Waals surface area contributed by atoms with Gasteiger partial charge in [-0.05, 0) is 13.8 Å². The Morgan fingerprint density at radius 1 is 1.43 bits per heavy atom. The molecule has 0 fully saturated rings. The van der Waals surface area contributed by atoms with Crippen LogP contribution >= 0.6 is 0 Å². The van der Waals surface area contributed by atoms with Crippen LogP contribution in [-0.2, 0) is 13.6 Å². The highest BCUT2D eigenvalue weighted by Crippen LogP contribution is 1.95. The summed E-state index contributed by atoms with van der Waals surface area (Å²) in [6.45, 7) is 4.74. The number of carbonyl (C=O) groups is 1. The lowest BCUT2D eigenvalue weighted by molar-refractivity contribution is 0.240. The zero-order valence-electron chi connectivity index (χ0n) is 8.66. The van der Waals surface area contributed by atoms with Crippen LogP contribution in [-0.4, -0.2) is 27.3 Å². The maximum absolute atomic E-state index is 11.1. The SMILES string of the molecule is CCNC(=O)NCc1nnc(C)n1C. The molecule has 0 spiro atoms. The fourth-order valence-electron chi connectivity index (χ4n) is 0.987. The summed E-state index contributed by atoms with van der Waals surface area (Å²) >= 11 is 0. The first-order valence-corrected chi connectivity index (χ1v) is 4.51. The van der Waals surface area contributed by atoms with Gasteiger partial charge in [0.25, 0.3) is 0 Å². The lowest BCUT2D eigenvalue weighted by Crippen LogP contribution is -2.35. The Bertz CT molecular complexity index is 320. The van der Waals surface area contributed by atoms with Crippen molar-refractivity contribution in [3.8, 4) is 0 Å². The molecule has 0 aliphatic rings. The molecule has 1 aromatic heterocycles. The standard InChI is InChI=1S/C8H15N5O/c1-4-9-8(14)10-5-7-12-11-6(2)13(7)3/h4-5H2,1-3H3,(H2,9,10,14). The molecule has 0 saturated heterocycles. The number of aryl methyl sites for hydroxylation is 1. The summed E-state index contributed by atoms with van der Waals surface area (Å²) in [6.07, 6.45) is 0. The van der Waals surface area contributed by atoms with Crippen LogP contribution in [0, 0.1) is 6.92 Å². The van der Waals surface area contributed by atoms with Crippen molar-refractivity contribution in [3.05, 3.63) is 11.6 Å². The number of carbonyl (C=O) groups excluding carboxylic acids is 1. The summed E-state index contributed by atoms with van der Waals surface area (Å²) in [6, 6.07) is -0.187. The number of aromatic nitrogens is 3. The van der Waals surface area contributed by atoms with Crippen molar-refractivity contribution in [1.29, 1.82) is 0 Å². The summed E-state index contributed by atoms with van der Waals surface area (Å²) in [5, 5.41) is 13.1. The van der Waals surface area contributed by atoms with Gasteiger partial charge in [-0.2, -0.15) is 0 Å². The van der Waals surface area contributed by atoms with Gasteiger partial charge in [-0.1, -0.05) is 0 Å². The molecule has 78 valence electrons. The smallest absolute Gasteiger partial charge is 0.315 e. The molecule has 1 rings (SSSR count). The van der Waals surface area contributed by atoms with Gasteiger partial charge in [0.15, 0.2) is 5.82 Å². The largest absolute Gasteiger partial charge is 0.338 e. The van der Waals surface area contributed by atoms with E-state index in [1.165, 1.54) is 0 Å². The molecule has 0 atom stereocenters. The van der Waals surface area contributed by atoms with Crippen molar-refractivity contribution in [1.82, 2.24) is 25.4 Å². The minimum absolute atomic E-state index is 0.187. The predicted molar refractivity (Wildman–Crippen MR) is 51.7 cm³/mol. The number of urea groups is 1. The third-order valence-electron chi connectivity index (χ3n) is 1.93. The number of nitrogens with zero attached hydrogens (tertiary/aromatic N) is 3. The maximum atomic E-state index is 11.1. The van der Waals surface area contributed by atoms with Gasteiger partial charge in [-0.3, -0.25) is 0 Å². The molecule has 1 heterocycles. The Morgan fingerprint density at radius 3 is 2.64 bits per heavy atom. The van der Waals surface area contributed by atoms with Crippen LogP contribution in [0.1, 0.15) is 18.6 Å². The van der Waals surface area contributed by atoms with E-state index >= 15 is 0 Å². The molecule has 6 nitrogen and oxygen atoms in total. The number of rotatable bonds is 3. The highest BCUT2D eigenvalue weighted by Gasteiger charge is 2.05. The van der Waals surface area contributed by atoms with E-state index in [4.69, 9.17) is 0 Å². The highest BCUT2D eigenvalue weighted by atomic mass is 16.2. The molecule has 0 saturated carbocycles. The van der Waals surface area contributed by atoms with Gasteiger partial charge in [0.2, 0.25) is 0 Å². The molecule has 0 aromatic carbocycles. The summed E-state index contributed by atoms with van der Waals surface area (Å²) in [5.74, 6) is 1.58. The number of hydrogen-bond donors (Lipinski definition) is 2. The zero-order chi connectivity index (χ0) is 10.6. The van der Waals surface area contributed by atoms with Crippen LogP contribution in [0.5, 0.6) is 0 Å². The molecular weight excluding hydrogens is 182 g/mol. The van der Waals surface area contributed by atoms with Crippen LogP contribution in [0.2, 0.25) is 0 Å². The van der Waals surface area contributed by atoms with Gasteiger partial charge in [-0.25, -0.2) is 4.79 Å². The first-order chi connectivity index (χ1) is 6.65. The highest BCUT2D eigenvalue weighted by molar-refractivity contribution is 5.73. The quantitative estimate of drug-likeness (QED) is 0.713. The van der Waals surface area contributed by atoms with E-state index in [9.17, 15) is 4.79 Å². The normalized spacial score (nSPS) is 9.93. The monoisotopic (exact) mass is 197 g/mol. The van der Waals surface area contributed by atoms with E-state index < -0.39 is 0 Å². The molecule has 0 unspecified atom stereocenters. The van der Waals surface area contributed by atoms with Crippen LogP contribution < -0.4 is 10.6 Å². The molecule has 0 radical (unpaired) electrons. The van der Waals surface area contributed by atoms with Crippen molar-refractivity contribution >= 4 is 6.03 Å². The van der Waals surface area contributed by atoms with Gasteiger partial charge < -0.3 is 15.2 Å². The van der Waals surface area contributed by atoms with E-state index in [1.807, 2.05) is 25.5 Å². The van der Waals surface area contributed by atoms with Crippen molar-refractivity contribution in [2.75, 3.05) is 6.54 Å². The topological polar surface area (TPSA) is 71.8 Å². The van der Waals surface area contributed by atoms with Crippen molar-refractivity contribution in [2.24, 2.45) is 7.05 Å². The van der Waals surface area contributed by atoms with E-state index in [1.54, 1.807) is 0 Å². The zero-order valence-corrected chi connectivity index (χ0v) is 8.66. The molecular formula is C8H15N5O. The molecule has 2 N–H and O–H groups in total.